The highest BCUT2D eigenvalue weighted by molar-refractivity contribution is 6.69. The van der Waals surface area contributed by atoms with Crippen LogP contribution < -0.4 is 0 Å². The van der Waals surface area contributed by atoms with E-state index in [1.54, 1.807) is 12.3 Å². The molecule has 1 unspecified atom stereocenters. The van der Waals surface area contributed by atoms with Crippen LogP contribution in [0, 0.1) is 0 Å². The number of fused-ring (bicyclic) bond motifs is 2. The zero-order valence-corrected chi connectivity index (χ0v) is 7.12. The molecule has 0 aromatic heterocycles. The van der Waals surface area contributed by atoms with Gasteiger partial charge in [0.05, 0.1) is 6.61 Å². The van der Waals surface area contributed by atoms with Gasteiger partial charge in [-0.2, -0.15) is 0 Å². The van der Waals surface area contributed by atoms with Crippen LogP contribution >= 0.6 is 0 Å². The van der Waals surface area contributed by atoms with Gasteiger partial charge in [-0.25, -0.2) is 15.0 Å². The maximum absolute atomic E-state index is 11.7. The van der Waals surface area contributed by atoms with Crippen molar-refractivity contribution in [2.45, 2.75) is 6.35 Å². The Labute approximate surface area is 79.3 Å². The average molecular weight is 190 g/mol. The second-order valence-corrected chi connectivity index (χ2v) is 2.93. The number of amidine groups is 1. The molecule has 3 heterocycles. The zero-order valence-electron chi connectivity index (χ0n) is 7.12. The molecule has 0 spiro atoms. The number of nitrogens with zero attached hydrogens (tertiary/aromatic N) is 4. The summed E-state index contributed by atoms with van der Waals surface area (Å²) in [5, 5.41) is 0. The molecule has 3 rings (SSSR count). The smallest absolute Gasteiger partial charge is 0.283 e. The van der Waals surface area contributed by atoms with Gasteiger partial charge in [0.2, 0.25) is 6.35 Å². The molecule has 0 saturated carbocycles. The van der Waals surface area contributed by atoms with Gasteiger partial charge < -0.3 is 4.74 Å². The summed E-state index contributed by atoms with van der Waals surface area (Å²) in [5.41, 5.74) is 0.288. The largest absolute Gasteiger partial charge is 0.334 e. The summed E-state index contributed by atoms with van der Waals surface area (Å²) >= 11 is 0. The SMILES string of the molecule is O=C1C2=NC=NC2=NC2OCC=CN12. The third-order valence-corrected chi connectivity index (χ3v) is 2.09. The minimum atomic E-state index is -0.573. The van der Waals surface area contributed by atoms with Gasteiger partial charge in [0, 0.05) is 6.20 Å². The molecule has 0 bridgehead atoms. The van der Waals surface area contributed by atoms with Gasteiger partial charge >= 0.3 is 0 Å². The molecule has 1 amide bonds. The van der Waals surface area contributed by atoms with Crippen molar-refractivity contribution in [1.29, 1.82) is 0 Å². The second kappa shape index (κ2) is 2.58. The summed E-state index contributed by atoms with van der Waals surface area (Å²) in [7, 11) is 0. The summed E-state index contributed by atoms with van der Waals surface area (Å²) in [6.07, 6.45) is 4.17. The van der Waals surface area contributed by atoms with E-state index in [0.717, 1.165) is 0 Å². The van der Waals surface area contributed by atoms with Gasteiger partial charge in [-0.15, -0.1) is 0 Å². The second-order valence-electron chi connectivity index (χ2n) is 2.93. The van der Waals surface area contributed by atoms with E-state index in [4.69, 9.17) is 4.74 Å². The molecule has 3 aliphatic rings. The lowest BCUT2D eigenvalue weighted by Crippen LogP contribution is -2.48. The standard InChI is InChI=1S/C8H6N4O2/c13-7-5-6(10-4-9-5)11-8-12(7)2-1-3-14-8/h1-2,4,8H,3H2. The zero-order chi connectivity index (χ0) is 9.54. The monoisotopic (exact) mass is 190 g/mol. The molecule has 6 nitrogen and oxygen atoms in total. The van der Waals surface area contributed by atoms with Gasteiger partial charge in [-0.1, -0.05) is 0 Å². The summed E-state index contributed by atoms with van der Waals surface area (Å²) < 4.78 is 5.26. The van der Waals surface area contributed by atoms with Crippen LogP contribution in [-0.4, -0.2) is 41.7 Å². The molecule has 0 saturated heterocycles. The Kier molecular flexibility index (Phi) is 1.40. The van der Waals surface area contributed by atoms with Gasteiger partial charge in [0.15, 0.2) is 11.5 Å². The van der Waals surface area contributed by atoms with Crippen LogP contribution in [0.15, 0.2) is 27.3 Å². The van der Waals surface area contributed by atoms with Crippen molar-refractivity contribution in [3.63, 3.8) is 0 Å². The molecular formula is C8H6N4O2. The Morgan fingerprint density at radius 2 is 2.50 bits per heavy atom. The molecule has 14 heavy (non-hydrogen) atoms. The third kappa shape index (κ3) is 0.882. The first-order valence-electron chi connectivity index (χ1n) is 4.16. The number of amides is 1. The van der Waals surface area contributed by atoms with E-state index in [1.807, 2.05) is 0 Å². The minimum Gasteiger partial charge on any atom is -0.334 e. The van der Waals surface area contributed by atoms with E-state index in [2.05, 4.69) is 15.0 Å². The van der Waals surface area contributed by atoms with Crippen LogP contribution in [0.5, 0.6) is 0 Å². The highest BCUT2D eigenvalue weighted by Gasteiger charge is 2.36. The molecule has 0 N–H and O–H groups in total. The van der Waals surface area contributed by atoms with Crippen molar-refractivity contribution in [3.8, 4) is 0 Å². The highest BCUT2D eigenvalue weighted by atomic mass is 16.5. The lowest BCUT2D eigenvalue weighted by Gasteiger charge is -2.31. The first kappa shape index (κ1) is 7.57. The molecule has 1 atom stereocenters. The fourth-order valence-corrected chi connectivity index (χ4v) is 1.45. The fourth-order valence-electron chi connectivity index (χ4n) is 1.45. The molecule has 0 radical (unpaired) electrons. The van der Waals surface area contributed by atoms with Crippen molar-refractivity contribution >= 4 is 23.8 Å². The van der Waals surface area contributed by atoms with Crippen LogP contribution in [0.25, 0.3) is 0 Å². The summed E-state index contributed by atoms with van der Waals surface area (Å²) in [5.74, 6) is 0.153. The van der Waals surface area contributed by atoms with Crippen LogP contribution in [0.3, 0.4) is 0 Å². The Morgan fingerprint density at radius 3 is 3.43 bits per heavy atom. The lowest BCUT2D eigenvalue weighted by atomic mass is 10.2. The minimum absolute atomic E-state index is 0.214. The number of rotatable bonds is 0. The first-order valence-corrected chi connectivity index (χ1v) is 4.16. The van der Waals surface area contributed by atoms with Crippen LogP contribution in [-0.2, 0) is 9.53 Å². The maximum atomic E-state index is 11.7. The van der Waals surface area contributed by atoms with Crippen LogP contribution in [0.4, 0.5) is 0 Å². The van der Waals surface area contributed by atoms with E-state index in [1.165, 1.54) is 11.2 Å². The van der Waals surface area contributed by atoms with Gasteiger partial charge in [-0.05, 0) is 6.08 Å². The molecule has 3 aliphatic heterocycles. The van der Waals surface area contributed by atoms with Crippen molar-refractivity contribution in [2.75, 3.05) is 6.61 Å². The van der Waals surface area contributed by atoms with E-state index < -0.39 is 6.35 Å². The van der Waals surface area contributed by atoms with E-state index >= 15 is 0 Å². The molecule has 0 aliphatic carbocycles. The Morgan fingerprint density at radius 1 is 1.57 bits per heavy atom. The number of carbonyl (C=O) groups excluding carboxylic acids is 1. The van der Waals surface area contributed by atoms with Gasteiger partial charge in [0.25, 0.3) is 5.91 Å². The number of ether oxygens (including phenoxy) is 1. The van der Waals surface area contributed by atoms with E-state index in [-0.39, 0.29) is 11.6 Å². The molecule has 70 valence electrons. The Hall–Kier alpha value is -1.82. The maximum Gasteiger partial charge on any atom is 0.283 e. The topological polar surface area (TPSA) is 66.6 Å². The Bertz CT molecular complexity index is 421. The van der Waals surface area contributed by atoms with Gasteiger partial charge in [-0.3, -0.25) is 9.69 Å². The average Bonchev–Trinajstić information content (AvgIpc) is 2.66. The van der Waals surface area contributed by atoms with Crippen molar-refractivity contribution < 1.29 is 9.53 Å². The van der Waals surface area contributed by atoms with Gasteiger partial charge in [0.1, 0.15) is 6.34 Å². The molecular weight excluding hydrogens is 184 g/mol. The number of hydrogen-bond acceptors (Lipinski definition) is 5. The predicted molar refractivity (Wildman–Crippen MR) is 49.1 cm³/mol. The van der Waals surface area contributed by atoms with Crippen molar-refractivity contribution in [2.24, 2.45) is 15.0 Å². The highest BCUT2D eigenvalue weighted by Crippen LogP contribution is 2.17. The number of carbonyl (C=O) groups is 1. The lowest BCUT2D eigenvalue weighted by molar-refractivity contribution is -0.133. The number of aliphatic imine (C=N–C) groups is 3. The predicted octanol–water partition coefficient (Wildman–Crippen LogP) is -0.463. The van der Waals surface area contributed by atoms with Crippen LogP contribution in [0.1, 0.15) is 0 Å². The molecule has 0 aromatic rings. The van der Waals surface area contributed by atoms with Crippen molar-refractivity contribution in [3.05, 3.63) is 12.3 Å². The van der Waals surface area contributed by atoms with E-state index in [9.17, 15) is 4.79 Å². The molecule has 0 aromatic carbocycles. The molecule has 0 fully saturated rings. The quantitative estimate of drug-likeness (QED) is 0.518. The molecule has 6 heteroatoms. The third-order valence-electron chi connectivity index (χ3n) is 2.09. The summed E-state index contributed by atoms with van der Waals surface area (Å²) in [4.78, 5) is 25.0. The summed E-state index contributed by atoms with van der Waals surface area (Å²) in [6.45, 7) is 0.460. The first-order chi connectivity index (χ1) is 6.86. The van der Waals surface area contributed by atoms with E-state index in [0.29, 0.717) is 12.4 Å². The Balaban J connectivity index is 2.09. The van der Waals surface area contributed by atoms with Crippen LogP contribution in [0.2, 0.25) is 0 Å². The van der Waals surface area contributed by atoms with Crippen molar-refractivity contribution in [1.82, 2.24) is 4.90 Å². The number of hydrogen-bond donors (Lipinski definition) is 0. The fraction of sp³-hybridized carbons (Fsp3) is 0.250. The normalized spacial score (nSPS) is 28.4. The summed E-state index contributed by atoms with van der Waals surface area (Å²) in [6, 6.07) is 0.